The van der Waals surface area contributed by atoms with E-state index in [0.29, 0.717) is 36.5 Å². The molecule has 1 atom stereocenters. The van der Waals surface area contributed by atoms with Gasteiger partial charge in [0.1, 0.15) is 12.4 Å². The average Bonchev–Trinajstić information content (AvgIpc) is 3.34. The van der Waals surface area contributed by atoms with Crippen LogP contribution in [0.1, 0.15) is 56.1 Å². The van der Waals surface area contributed by atoms with Crippen molar-refractivity contribution in [1.82, 2.24) is 29.7 Å². The van der Waals surface area contributed by atoms with E-state index in [4.69, 9.17) is 9.84 Å². The van der Waals surface area contributed by atoms with Crippen LogP contribution in [0.25, 0.3) is 11.2 Å². The smallest absolute Gasteiger partial charge is 0.407 e. The summed E-state index contributed by atoms with van der Waals surface area (Å²) in [6.07, 6.45) is 6.19. The first-order valence-electron chi connectivity index (χ1n) is 10.2. The number of imidazole rings is 1. The summed E-state index contributed by atoms with van der Waals surface area (Å²) in [7, 11) is 0. The number of fused-ring (bicyclic) bond motifs is 1. The van der Waals surface area contributed by atoms with E-state index in [0.717, 1.165) is 25.7 Å². The number of hydrogen-bond acceptors (Lipinski definition) is 6. The largest absolute Gasteiger partial charge is 0.471 e. The molecule has 0 bridgehead atoms. The number of carbonyl (C=O) groups is 2. The van der Waals surface area contributed by atoms with Gasteiger partial charge in [0.25, 0.3) is 5.91 Å². The van der Waals surface area contributed by atoms with E-state index < -0.39 is 6.09 Å². The Labute approximate surface area is 168 Å². The molecule has 0 radical (unpaired) electrons. The molecule has 2 aromatic rings. The number of nitrogens with zero attached hydrogens (tertiary/aromatic N) is 5. The van der Waals surface area contributed by atoms with Crippen LogP contribution in [0.3, 0.4) is 0 Å². The molecule has 1 saturated heterocycles. The highest BCUT2D eigenvalue weighted by molar-refractivity contribution is 5.95. The third-order valence-electron chi connectivity index (χ3n) is 5.65. The fraction of sp³-hybridized carbons (Fsp3) is 0.632. The monoisotopic (exact) mass is 402 g/mol. The Balaban J connectivity index is 1.57. The molecule has 2 aliphatic rings. The molecular weight excluding hydrogens is 376 g/mol. The van der Waals surface area contributed by atoms with Crippen LogP contribution < -0.4 is 10.1 Å². The Hall–Kier alpha value is -2.91. The van der Waals surface area contributed by atoms with Crippen LogP contribution >= 0.6 is 0 Å². The predicted molar refractivity (Wildman–Crippen MR) is 104 cm³/mol. The van der Waals surface area contributed by atoms with Crippen LogP contribution in [-0.4, -0.2) is 66.8 Å². The molecular formula is C19H26N6O4. The Morgan fingerprint density at radius 3 is 2.72 bits per heavy atom. The van der Waals surface area contributed by atoms with Crippen molar-refractivity contribution in [3.63, 3.8) is 0 Å². The SMILES string of the molecule is CCn1c(C(=O)NC2CCCCC2)nc2c(O[C@H]3CCN(C(=O)O)C3)ncnc21. The fourth-order valence-corrected chi connectivity index (χ4v) is 4.13. The Kier molecular flexibility index (Phi) is 5.50. The maximum atomic E-state index is 12.9. The van der Waals surface area contributed by atoms with E-state index in [1.165, 1.54) is 17.6 Å². The standard InChI is InChI=1S/C19H26N6O4/c1-2-25-15-14(23-16(25)17(26)22-12-6-4-3-5-7-12)18(21-11-20-15)29-13-8-9-24(10-13)19(27)28/h11-13H,2-10H2,1H3,(H,22,26)(H,27,28)/t13-/m0/s1. The lowest BCUT2D eigenvalue weighted by Crippen LogP contribution is -2.37. The number of likely N-dealkylation sites (tertiary alicyclic amines) is 1. The number of rotatable bonds is 5. The van der Waals surface area contributed by atoms with Crippen molar-refractivity contribution in [2.75, 3.05) is 13.1 Å². The van der Waals surface area contributed by atoms with Gasteiger partial charge in [-0.2, -0.15) is 4.98 Å². The highest BCUT2D eigenvalue weighted by Crippen LogP contribution is 2.25. The Bertz CT molecular complexity index is 907. The predicted octanol–water partition coefficient (Wildman–Crippen LogP) is 2.04. The van der Waals surface area contributed by atoms with Crippen molar-refractivity contribution < 1.29 is 19.4 Å². The van der Waals surface area contributed by atoms with E-state index in [1.54, 1.807) is 4.57 Å². The molecule has 0 unspecified atom stereocenters. The molecule has 2 aromatic heterocycles. The number of carbonyl (C=O) groups excluding carboxylic acids is 1. The molecule has 2 N–H and O–H groups in total. The van der Waals surface area contributed by atoms with Gasteiger partial charge in [0.05, 0.1) is 6.54 Å². The summed E-state index contributed by atoms with van der Waals surface area (Å²) in [4.78, 5) is 38.3. The normalized spacial score (nSPS) is 20.2. The molecule has 4 rings (SSSR count). The quantitative estimate of drug-likeness (QED) is 0.784. The average molecular weight is 402 g/mol. The van der Waals surface area contributed by atoms with Crippen LogP contribution in [0.5, 0.6) is 5.88 Å². The number of ether oxygens (including phenoxy) is 1. The van der Waals surface area contributed by atoms with Crippen molar-refractivity contribution in [2.45, 2.75) is 64.1 Å². The Morgan fingerprint density at radius 2 is 2.03 bits per heavy atom. The van der Waals surface area contributed by atoms with Gasteiger partial charge in [0.2, 0.25) is 11.7 Å². The summed E-state index contributed by atoms with van der Waals surface area (Å²) in [6, 6.07) is 0.184. The molecule has 0 aromatic carbocycles. The summed E-state index contributed by atoms with van der Waals surface area (Å²) in [6.45, 7) is 3.18. The summed E-state index contributed by atoms with van der Waals surface area (Å²) in [5.41, 5.74) is 0.969. The molecule has 156 valence electrons. The van der Waals surface area contributed by atoms with Gasteiger partial charge in [-0.15, -0.1) is 0 Å². The van der Waals surface area contributed by atoms with Crippen LogP contribution in [0.15, 0.2) is 6.33 Å². The molecule has 29 heavy (non-hydrogen) atoms. The maximum absolute atomic E-state index is 12.9. The van der Waals surface area contributed by atoms with Crippen LogP contribution in [-0.2, 0) is 6.54 Å². The topological polar surface area (TPSA) is 122 Å². The van der Waals surface area contributed by atoms with Crippen LogP contribution in [0, 0.1) is 0 Å². The molecule has 1 aliphatic carbocycles. The summed E-state index contributed by atoms with van der Waals surface area (Å²) in [5.74, 6) is 0.379. The van der Waals surface area contributed by atoms with Gasteiger partial charge in [-0.25, -0.2) is 14.8 Å². The van der Waals surface area contributed by atoms with Crippen molar-refractivity contribution in [3.05, 3.63) is 12.2 Å². The molecule has 3 heterocycles. The van der Waals surface area contributed by atoms with E-state index in [-0.39, 0.29) is 30.5 Å². The highest BCUT2D eigenvalue weighted by Gasteiger charge is 2.29. The molecule has 0 spiro atoms. The number of amides is 2. The van der Waals surface area contributed by atoms with Gasteiger partial charge < -0.3 is 24.6 Å². The van der Waals surface area contributed by atoms with Gasteiger partial charge in [-0.05, 0) is 19.8 Å². The van der Waals surface area contributed by atoms with Crippen LogP contribution in [0.2, 0.25) is 0 Å². The van der Waals surface area contributed by atoms with Gasteiger partial charge >= 0.3 is 6.09 Å². The zero-order valence-electron chi connectivity index (χ0n) is 16.5. The fourth-order valence-electron chi connectivity index (χ4n) is 4.13. The molecule has 10 heteroatoms. The first kappa shape index (κ1) is 19.4. The molecule has 2 fully saturated rings. The third kappa shape index (κ3) is 3.96. The zero-order chi connectivity index (χ0) is 20.4. The van der Waals surface area contributed by atoms with E-state index in [9.17, 15) is 9.59 Å². The first-order chi connectivity index (χ1) is 14.1. The minimum atomic E-state index is -0.958. The summed E-state index contributed by atoms with van der Waals surface area (Å²) in [5, 5.41) is 12.2. The summed E-state index contributed by atoms with van der Waals surface area (Å²) < 4.78 is 7.71. The van der Waals surface area contributed by atoms with Gasteiger partial charge in [-0.1, -0.05) is 19.3 Å². The number of aromatic nitrogens is 4. The van der Waals surface area contributed by atoms with Crippen LogP contribution in [0.4, 0.5) is 4.79 Å². The van der Waals surface area contributed by atoms with Gasteiger partial charge in [-0.3, -0.25) is 4.79 Å². The maximum Gasteiger partial charge on any atom is 0.407 e. The van der Waals surface area contributed by atoms with E-state index in [2.05, 4.69) is 20.3 Å². The third-order valence-corrected chi connectivity index (χ3v) is 5.65. The lowest BCUT2D eigenvalue weighted by Gasteiger charge is -2.22. The van der Waals surface area contributed by atoms with Gasteiger partial charge in [0.15, 0.2) is 11.2 Å². The number of hydrogen-bond donors (Lipinski definition) is 2. The minimum Gasteiger partial charge on any atom is -0.471 e. The molecule has 2 amide bonds. The minimum absolute atomic E-state index is 0.184. The van der Waals surface area contributed by atoms with Gasteiger partial charge in [0, 0.05) is 25.6 Å². The Morgan fingerprint density at radius 1 is 1.24 bits per heavy atom. The second kappa shape index (κ2) is 8.22. The molecule has 10 nitrogen and oxygen atoms in total. The zero-order valence-corrected chi connectivity index (χ0v) is 16.5. The number of aryl methyl sites for hydroxylation is 1. The summed E-state index contributed by atoms with van der Waals surface area (Å²) >= 11 is 0. The second-order valence-corrected chi connectivity index (χ2v) is 7.60. The highest BCUT2D eigenvalue weighted by atomic mass is 16.5. The van der Waals surface area contributed by atoms with Crippen molar-refractivity contribution in [2.24, 2.45) is 0 Å². The van der Waals surface area contributed by atoms with Crippen molar-refractivity contribution in [3.8, 4) is 5.88 Å². The second-order valence-electron chi connectivity index (χ2n) is 7.60. The van der Waals surface area contributed by atoms with Crippen molar-refractivity contribution >= 4 is 23.2 Å². The van der Waals surface area contributed by atoms with E-state index in [1.807, 2.05) is 6.92 Å². The lowest BCUT2D eigenvalue weighted by molar-refractivity contribution is 0.0913. The van der Waals surface area contributed by atoms with Crippen molar-refractivity contribution in [1.29, 1.82) is 0 Å². The lowest BCUT2D eigenvalue weighted by atomic mass is 9.95. The first-order valence-corrected chi connectivity index (χ1v) is 10.2. The van der Waals surface area contributed by atoms with E-state index >= 15 is 0 Å². The number of nitrogens with one attached hydrogen (secondary N) is 1. The number of carboxylic acid groups (broad SMARTS) is 1. The molecule has 1 saturated carbocycles. The molecule has 1 aliphatic heterocycles.